The fraction of sp³-hybridized carbons (Fsp3) is 0.600. The molecular formula is C10H16F2N2O4S. The quantitative estimate of drug-likeness (QED) is 0.754. The van der Waals surface area contributed by atoms with E-state index in [1.165, 1.54) is 26.2 Å². The van der Waals surface area contributed by atoms with E-state index in [4.69, 9.17) is 9.52 Å². The first-order chi connectivity index (χ1) is 8.75. The molecule has 0 amide bonds. The maximum atomic E-state index is 12.0. The average molecular weight is 298 g/mol. The molecule has 1 rings (SSSR count). The maximum absolute atomic E-state index is 12.0. The van der Waals surface area contributed by atoms with Gasteiger partial charge in [0.25, 0.3) is 16.4 Å². The van der Waals surface area contributed by atoms with Gasteiger partial charge in [-0.05, 0) is 12.1 Å². The van der Waals surface area contributed by atoms with Crippen LogP contribution >= 0.6 is 0 Å². The minimum absolute atomic E-state index is 0.0483. The van der Waals surface area contributed by atoms with Crippen molar-refractivity contribution in [3.63, 3.8) is 0 Å². The van der Waals surface area contributed by atoms with E-state index in [0.717, 1.165) is 4.31 Å². The number of nitrogens with zero attached hydrogens (tertiary/aromatic N) is 1. The Balaban J connectivity index is 2.57. The monoisotopic (exact) mass is 298 g/mol. The summed E-state index contributed by atoms with van der Waals surface area (Å²) in [6, 6.07) is 2.72. The van der Waals surface area contributed by atoms with Crippen molar-refractivity contribution in [1.29, 1.82) is 0 Å². The van der Waals surface area contributed by atoms with E-state index >= 15 is 0 Å². The van der Waals surface area contributed by atoms with Gasteiger partial charge in [-0.1, -0.05) is 0 Å². The van der Waals surface area contributed by atoms with Crippen molar-refractivity contribution in [3.8, 4) is 0 Å². The molecule has 0 radical (unpaired) electrons. The van der Waals surface area contributed by atoms with Gasteiger partial charge in [-0.3, -0.25) is 0 Å². The van der Waals surface area contributed by atoms with Crippen molar-refractivity contribution < 1.29 is 26.7 Å². The van der Waals surface area contributed by atoms with Gasteiger partial charge in [-0.2, -0.15) is 0 Å². The Morgan fingerprint density at radius 3 is 2.58 bits per heavy atom. The van der Waals surface area contributed by atoms with Crippen LogP contribution in [0.1, 0.15) is 5.76 Å². The Morgan fingerprint density at radius 1 is 1.42 bits per heavy atom. The van der Waals surface area contributed by atoms with E-state index in [2.05, 4.69) is 5.32 Å². The number of rotatable bonds is 7. The zero-order chi connectivity index (χ0) is 14.6. The molecule has 0 saturated carbocycles. The summed E-state index contributed by atoms with van der Waals surface area (Å²) < 4.78 is 53.5. The Kier molecular flexibility index (Phi) is 5.41. The molecule has 1 atom stereocenters. The zero-order valence-corrected chi connectivity index (χ0v) is 11.3. The van der Waals surface area contributed by atoms with E-state index in [1.807, 2.05) is 0 Å². The number of alkyl halides is 2. The summed E-state index contributed by atoms with van der Waals surface area (Å²) in [5, 5.41) is 11.2. The molecule has 0 fully saturated rings. The molecule has 0 aliphatic rings. The first-order valence-corrected chi connectivity index (χ1v) is 6.87. The van der Waals surface area contributed by atoms with Gasteiger partial charge in [0.1, 0.15) is 11.9 Å². The third kappa shape index (κ3) is 4.23. The molecular weight excluding hydrogens is 282 g/mol. The number of nitrogens with one attached hydrogen (secondary N) is 1. The predicted molar refractivity (Wildman–Crippen MR) is 63.3 cm³/mol. The minimum atomic E-state index is -3.64. The van der Waals surface area contributed by atoms with Gasteiger partial charge in [0.05, 0.1) is 6.54 Å². The van der Waals surface area contributed by atoms with Crippen LogP contribution in [0, 0.1) is 0 Å². The smallest absolute Gasteiger partial charge is 0.275 e. The number of hydrogen-bond donors (Lipinski definition) is 2. The molecule has 110 valence electrons. The SMILES string of the molecule is CN(C)S(=O)(=O)c1ccc(CNCC(O)C(F)F)o1. The third-order valence-electron chi connectivity index (χ3n) is 2.32. The van der Waals surface area contributed by atoms with Crippen LogP contribution in [0.5, 0.6) is 0 Å². The van der Waals surface area contributed by atoms with Crippen molar-refractivity contribution in [3.05, 3.63) is 17.9 Å². The number of furan rings is 1. The van der Waals surface area contributed by atoms with Gasteiger partial charge in [0.2, 0.25) is 5.09 Å². The second kappa shape index (κ2) is 6.42. The highest BCUT2D eigenvalue weighted by molar-refractivity contribution is 7.88. The van der Waals surface area contributed by atoms with Crippen molar-refractivity contribution >= 4 is 10.0 Å². The van der Waals surface area contributed by atoms with Gasteiger partial charge in [-0.15, -0.1) is 0 Å². The van der Waals surface area contributed by atoms with Gasteiger partial charge >= 0.3 is 0 Å². The lowest BCUT2D eigenvalue weighted by Gasteiger charge is -2.10. The fourth-order valence-electron chi connectivity index (χ4n) is 1.20. The van der Waals surface area contributed by atoms with Crippen LogP contribution in [0.15, 0.2) is 21.6 Å². The van der Waals surface area contributed by atoms with Crippen LogP contribution in [0.4, 0.5) is 8.78 Å². The predicted octanol–water partition coefficient (Wildman–Crippen LogP) is 0.246. The van der Waals surface area contributed by atoms with E-state index in [-0.39, 0.29) is 23.9 Å². The third-order valence-corrected chi connectivity index (χ3v) is 4.00. The summed E-state index contributed by atoms with van der Waals surface area (Å²) in [7, 11) is -0.902. The van der Waals surface area contributed by atoms with Crippen LogP contribution in [-0.4, -0.2) is 51.0 Å². The summed E-state index contributed by atoms with van der Waals surface area (Å²) in [6.07, 6.45) is -4.59. The molecule has 9 heteroatoms. The molecule has 6 nitrogen and oxygen atoms in total. The van der Waals surface area contributed by atoms with Crippen LogP contribution < -0.4 is 5.32 Å². The maximum Gasteiger partial charge on any atom is 0.275 e. The van der Waals surface area contributed by atoms with Crippen molar-refractivity contribution in [2.75, 3.05) is 20.6 Å². The molecule has 1 aromatic heterocycles. The van der Waals surface area contributed by atoms with Crippen LogP contribution in [0.2, 0.25) is 0 Å². The van der Waals surface area contributed by atoms with Crippen LogP contribution in [0.25, 0.3) is 0 Å². The lowest BCUT2D eigenvalue weighted by Crippen LogP contribution is -2.31. The molecule has 0 saturated heterocycles. The largest absolute Gasteiger partial charge is 0.447 e. The van der Waals surface area contributed by atoms with Gasteiger partial charge in [0.15, 0.2) is 0 Å². The molecule has 0 aromatic carbocycles. The summed E-state index contributed by atoms with van der Waals surface area (Å²) >= 11 is 0. The van der Waals surface area contributed by atoms with E-state index in [1.54, 1.807) is 0 Å². The molecule has 0 aliphatic heterocycles. The molecule has 0 spiro atoms. The standard InChI is InChI=1S/C10H16F2N2O4S/c1-14(2)19(16,17)9-4-3-7(18-9)5-13-6-8(15)10(11)12/h3-4,8,10,13,15H,5-6H2,1-2H3. The Labute approximate surface area is 110 Å². The van der Waals surface area contributed by atoms with Crippen LogP contribution in [0.3, 0.4) is 0 Å². The molecule has 1 heterocycles. The average Bonchev–Trinajstić information content (AvgIpc) is 2.77. The topological polar surface area (TPSA) is 82.8 Å². The molecule has 2 N–H and O–H groups in total. The lowest BCUT2D eigenvalue weighted by atomic mass is 10.3. The molecule has 0 bridgehead atoms. The Morgan fingerprint density at radius 2 is 2.05 bits per heavy atom. The first-order valence-electron chi connectivity index (χ1n) is 5.43. The van der Waals surface area contributed by atoms with Crippen molar-refractivity contribution in [2.24, 2.45) is 0 Å². The van der Waals surface area contributed by atoms with Crippen molar-refractivity contribution in [2.45, 2.75) is 24.2 Å². The first kappa shape index (κ1) is 16.0. The normalized spacial score (nSPS) is 14.3. The summed E-state index contributed by atoms with van der Waals surface area (Å²) in [4.78, 5) is 0. The number of sulfonamides is 1. The molecule has 1 aromatic rings. The van der Waals surface area contributed by atoms with Crippen molar-refractivity contribution in [1.82, 2.24) is 9.62 Å². The highest BCUT2D eigenvalue weighted by Crippen LogP contribution is 2.16. The number of hydrogen-bond acceptors (Lipinski definition) is 5. The van der Waals surface area contributed by atoms with Gasteiger partial charge < -0.3 is 14.8 Å². The molecule has 1 unspecified atom stereocenters. The van der Waals surface area contributed by atoms with E-state index < -0.39 is 22.6 Å². The van der Waals surface area contributed by atoms with E-state index in [0.29, 0.717) is 0 Å². The summed E-state index contributed by atoms with van der Waals surface area (Å²) in [5.74, 6) is 0.280. The van der Waals surface area contributed by atoms with Gasteiger partial charge in [0, 0.05) is 20.6 Å². The van der Waals surface area contributed by atoms with Crippen LogP contribution in [-0.2, 0) is 16.6 Å². The highest BCUT2D eigenvalue weighted by Gasteiger charge is 2.21. The molecule has 19 heavy (non-hydrogen) atoms. The number of halogens is 2. The second-order valence-electron chi connectivity index (χ2n) is 4.04. The zero-order valence-electron chi connectivity index (χ0n) is 10.5. The van der Waals surface area contributed by atoms with Gasteiger partial charge in [-0.25, -0.2) is 21.5 Å². The van der Waals surface area contributed by atoms with E-state index in [9.17, 15) is 17.2 Å². The second-order valence-corrected chi connectivity index (χ2v) is 6.12. The Hall–Kier alpha value is -1.03. The number of aliphatic hydroxyl groups excluding tert-OH is 1. The lowest BCUT2D eigenvalue weighted by molar-refractivity contribution is -0.00362. The molecule has 0 aliphatic carbocycles. The minimum Gasteiger partial charge on any atom is -0.447 e. The fourth-order valence-corrected chi connectivity index (χ4v) is 2.02. The summed E-state index contributed by atoms with van der Waals surface area (Å²) in [6.45, 7) is -0.263. The number of aliphatic hydroxyl groups is 1. The Bertz CT molecular complexity index is 501. The summed E-state index contributed by atoms with van der Waals surface area (Å²) in [5.41, 5.74) is 0. The highest BCUT2D eigenvalue weighted by atomic mass is 32.2.